The Morgan fingerprint density at radius 3 is 2.86 bits per heavy atom. The van der Waals surface area contributed by atoms with Gasteiger partial charge >= 0.3 is 11.7 Å². The first-order chi connectivity index (χ1) is 9.84. The Morgan fingerprint density at radius 2 is 2.24 bits per heavy atom. The maximum absolute atomic E-state index is 12.2. The fourth-order valence-electron chi connectivity index (χ4n) is 4.02. The molecule has 1 spiro atoms. The van der Waals surface area contributed by atoms with Gasteiger partial charge in [0.2, 0.25) is 5.60 Å². The minimum atomic E-state index is -1.46. The van der Waals surface area contributed by atoms with Gasteiger partial charge in [-0.15, -0.1) is 0 Å². The molecule has 0 aromatic rings. The van der Waals surface area contributed by atoms with E-state index in [1.807, 2.05) is 20.8 Å². The standard InChI is InChI=1S/C15H17NO5/c1-5-13(2,3)12(18)19-9-8-6-7-10(17)15(16-4)14(7,20-8)11(9)21-15/h7-9,11H,5-6H2,1-3H3. The van der Waals surface area contributed by atoms with Gasteiger partial charge in [0.05, 0.1) is 17.4 Å². The van der Waals surface area contributed by atoms with Crippen LogP contribution >= 0.6 is 0 Å². The minimum absolute atomic E-state index is 0.171. The number of carbonyl (C=O) groups is 2. The molecule has 0 N–H and O–H groups in total. The van der Waals surface area contributed by atoms with Gasteiger partial charge in [-0.25, -0.2) is 6.57 Å². The molecule has 0 aromatic heterocycles. The highest BCUT2D eigenvalue weighted by Crippen LogP contribution is 2.72. The summed E-state index contributed by atoms with van der Waals surface area (Å²) in [7, 11) is 0. The predicted molar refractivity (Wildman–Crippen MR) is 68.9 cm³/mol. The van der Waals surface area contributed by atoms with Crippen molar-refractivity contribution < 1.29 is 23.8 Å². The molecule has 21 heavy (non-hydrogen) atoms. The normalized spacial score (nSPS) is 49.0. The average molecular weight is 291 g/mol. The lowest BCUT2D eigenvalue weighted by atomic mass is 9.51. The third kappa shape index (κ3) is 1.11. The molecule has 0 amide bonds. The lowest BCUT2D eigenvalue weighted by Crippen LogP contribution is -2.89. The third-order valence-corrected chi connectivity index (χ3v) is 5.73. The van der Waals surface area contributed by atoms with Crippen molar-refractivity contribution in [1.29, 1.82) is 0 Å². The molecule has 6 unspecified atom stereocenters. The quantitative estimate of drug-likeness (QED) is 0.575. The molecular weight excluding hydrogens is 274 g/mol. The summed E-state index contributed by atoms with van der Waals surface area (Å²) < 4.78 is 17.1. The van der Waals surface area contributed by atoms with Crippen molar-refractivity contribution in [3.05, 3.63) is 11.4 Å². The van der Waals surface area contributed by atoms with E-state index in [2.05, 4.69) is 4.85 Å². The zero-order chi connectivity index (χ0) is 15.2. The van der Waals surface area contributed by atoms with Gasteiger partial charge in [0.1, 0.15) is 6.10 Å². The number of ether oxygens (including phenoxy) is 3. The lowest BCUT2D eigenvalue weighted by molar-refractivity contribution is -0.347. The molecule has 1 saturated carbocycles. The van der Waals surface area contributed by atoms with Crippen LogP contribution in [0.5, 0.6) is 0 Å². The van der Waals surface area contributed by atoms with E-state index in [1.165, 1.54) is 0 Å². The van der Waals surface area contributed by atoms with Crippen molar-refractivity contribution in [2.75, 3.05) is 0 Å². The number of ketones is 1. The van der Waals surface area contributed by atoms with Gasteiger partial charge in [-0.05, 0) is 26.7 Å². The maximum atomic E-state index is 12.2. The average Bonchev–Trinajstić information content (AvgIpc) is 2.96. The topological polar surface area (TPSA) is 66.2 Å². The number of nitrogens with zero attached hydrogens (tertiary/aromatic N) is 1. The molecule has 1 aliphatic carbocycles. The smallest absolute Gasteiger partial charge is 0.429 e. The van der Waals surface area contributed by atoms with Crippen molar-refractivity contribution in [3.8, 4) is 0 Å². The van der Waals surface area contributed by atoms with Crippen LogP contribution in [0.15, 0.2) is 0 Å². The summed E-state index contributed by atoms with van der Waals surface area (Å²) in [5.41, 5.74) is -2.87. The number of rotatable bonds is 3. The van der Waals surface area contributed by atoms with E-state index in [4.69, 9.17) is 20.8 Å². The molecule has 3 aliphatic heterocycles. The van der Waals surface area contributed by atoms with Crippen LogP contribution < -0.4 is 0 Å². The Kier molecular flexibility index (Phi) is 2.19. The first kappa shape index (κ1) is 13.2. The summed E-state index contributed by atoms with van der Waals surface area (Å²) in [4.78, 5) is 27.7. The zero-order valence-electron chi connectivity index (χ0n) is 12.2. The molecule has 4 rings (SSSR count). The van der Waals surface area contributed by atoms with Crippen LogP contribution in [0.2, 0.25) is 0 Å². The molecule has 0 aromatic carbocycles. The highest BCUT2D eigenvalue weighted by atomic mass is 16.7. The van der Waals surface area contributed by atoms with Crippen LogP contribution in [0.3, 0.4) is 0 Å². The second-order valence-electron chi connectivity index (χ2n) is 7.00. The number of fused-ring (bicyclic) bond motifs is 1. The molecule has 4 aliphatic rings. The maximum Gasteiger partial charge on any atom is 0.429 e. The van der Waals surface area contributed by atoms with Crippen LogP contribution in [0.4, 0.5) is 0 Å². The summed E-state index contributed by atoms with van der Waals surface area (Å²) in [6, 6.07) is 0. The van der Waals surface area contributed by atoms with Gasteiger partial charge in [-0.1, -0.05) is 6.92 Å². The van der Waals surface area contributed by atoms with Crippen molar-refractivity contribution in [1.82, 2.24) is 0 Å². The summed E-state index contributed by atoms with van der Waals surface area (Å²) >= 11 is 0. The molecule has 0 radical (unpaired) electrons. The molecule has 6 nitrogen and oxygen atoms in total. The van der Waals surface area contributed by atoms with E-state index in [0.29, 0.717) is 12.8 Å². The Hall–Kier alpha value is -1.45. The molecule has 3 heterocycles. The largest absolute Gasteiger partial charge is 0.456 e. The van der Waals surface area contributed by atoms with Gasteiger partial charge in [0.25, 0.3) is 5.78 Å². The SMILES string of the molecule is [C-]#[N+]C12OC3C(OC(=O)C(C)(C)CC)C4CC(C1=O)C32O4. The first-order valence-electron chi connectivity index (χ1n) is 7.33. The number of esters is 1. The van der Waals surface area contributed by atoms with E-state index in [9.17, 15) is 9.59 Å². The number of carbonyl (C=O) groups excluding carboxylic acids is 2. The fraction of sp³-hybridized carbons (Fsp3) is 0.800. The molecule has 4 fully saturated rings. The fourth-order valence-corrected chi connectivity index (χ4v) is 4.02. The van der Waals surface area contributed by atoms with Gasteiger partial charge in [-0.3, -0.25) is 19.2 Å². The minimum Gasteiger partial charge on any atom is -0.456 e. The second-order valence-corrected chi connectivity index (χ2v) is 7.00. The number of Topliss-reactive ketones (excluding diaryl/α,β-unsaturated/α-hetero) is 1. The highest BCUT2D eigenvalue weighted by Gasteiger charge is 2.99. The van der Waals surface area contributed by atoms with Gasteiger partial charge < -0.3 is 9.47 Å². The van der Waals surface area contributed by atoms with Crippen LogP contribution in [0.25, 0.3) is 4.85 Å². The monoisotopic (exact) mass is 291 g/mol. The van der Waals surface area contributed by atoms with Crippen molar-refractivity contribution >= 4 is 11.8 Å². The zero-order valence-corrected chi connectivity index (χ0v) is 12.2. The summed E-state index contributed by atoms with van der Waals surface area (Å²) in [6.07, 6.45) is -0.0900. The summed E-state index contributed by atoms with van der Waals surface area (Å²) in [6.45, 7) is 12.9. The van der Waals surface area contributed by atoms with E-state index < -0.39 is 28.9 Å². The summed E-state index contributed by atoms with van der Waals surface area (Å²) in [5.74, 6) is -0.715. The van der Waals surface area contributed by atoms with E-state index in [1.54, 1.807) is 0 Å². The van der Waals surface area contributed by atoms with Crippen LogP contribution in [-0.2, 0) is 23.8 Å². The molecule has 3 saturated heterocycles. The number of hydrogen-bond acceptors (Lipinski definition) is 5. The molecular formula is C15H17NO5. The third-order valence-electron chi connectivity index (χ3n) is 5.73. The van der Waals surface area contributed by atoms with Crippen molar-refractivity contribution in [2.24, 2.45) is 11.3 Å². The molecule has 6 atom stereocenters. The van der Waals surface area contributed by atoms with Gasteiger partial charge in [0, 0.05) is 0 Å². The Labute approximate surface area is 122 Å². The molecule has 6 heteroatoms. The van der Waals surface area contributed by atoms with E-state index >= 15 is 0 Å². The Balaban J connectivity index is 1.58. The van der Waals surface area contributed by atoms with E-state index in [-0.39, 0.29) is 23.8 Å². The van der Waals surface area contributed by atoms with Gasteiger partial charge in [-0.2, -0.15) is 0 Å². The second kappa shape index (κ2) is 3.47. The number of hydrogen-bond donors (Lipinski definition) is 0. The Morgan fingerprint density at radius 1 is 1.52 bits per heavy atom. The van der Waals surface area contributed by atoms with Gasteiger partial charge in [0.15, 0.2) is 6.10 Å². The first-order valence-corrected chi connectivity index (χ1v) is 7.33. The van der Waals surface area contributed by atoms with Crippen LogP contribution in [0, 0.1) is 17.9 Å². The lowest BCUT2D eigenvalue weighted by Gasteiger charge is -2.60. The van der Waals surface area contributed by atoms with Crippen LogP contribution in [0.1, 0.15) is 33.6 Å². The molecule has 2 bridgehead atoms. The predicted octanol–water partition coefficient (Wildman–Crippen LogP) is 1.09. The van der Waals surface area contributed by atoms with Crippen LogP contribution in [-0.4, -0.2) is 41.4 Å². The summed E-state index contributed by atoms with van der Waals surface area (Å²) in [5, 5.41) is 0. The Bertz CT molecular complexity index is 608. The van der Waals surface area contributed by atoms with Crippen molar-refractivity contribution in [2.45, 2.75) is 63.3 Å². The highest BCUT2D eigenvalue weighted by molar-refractivity contribution is 6.04. The van der Waals surface area contributed by atoms with E-state index in [0.717, 1.165) is 0 Å². The van der Waals surface area contributed by atoms with Crippen molar-refractivity contribution in [3.63, 3.8) is 0 Å². The molecule has 112 valence electrons.